The van der Waals surface area contributed by atoms with Crippen molar-refractivity contribution in [1.29, 1.82) is 0 Å². The Morgan fingerprint density at radius 1 is 1.17 bits per heavy atom. The van der Waals surface area contributed by atoms with Crippen LogP contribution in [0.3, 0.4) is 0 Å². The van der Waals surface area contributed by atoms with Crippen molar-refractivity contribution < 1.29 is 23.5 Å². The number of rotatable bonds is 4. The first-order chi connectivity index (χ1) is 13.1. The Kier molecular flexibility index (Phi) is 6.87. The van der Waals surface area contributed by atoms with E-state index < -0.39 is 32.2 Å². The van der Waals surface area contributed by atoms with Crippen molar-refractivity contribution in [3.05, 3.63) is 35.6 Å². The molecule has 0 spiro atoms. The molecule has 164 valence electrons. The lowest BCUT2D eigenvalue weighted by Crippen LogP contribution is -2.49. The lowest BCUT2D eigenvalue weighted by atomic mass is 9.94. The van der Waals surface area contributed by atoms with Crippen molar-refractivity contribution in [1.82, 2.24) is 4.90 Å². The van der Waals surface area contributed by atoms with Crippen LogP contribution in [0.5, 0.6) is 0 Å². The number of nitrogens with zero attached hydrogens (tertiary/aromatic N) is 1. The van der Waals surface area contributed by atoms with Gasteiger partial charge in [-0.2, -0.15) is 0 Å². The van der Waals surface area contributed by atoms with Gasteiger partial charge in [0.15, 0.2) is 8.32 Å². The van der Waals surface area contributed by atoms with E-state index >= 15 is 0 Å². The number of amides is 1. The van der Waals surface area contributed by atoms with Crippen LogP contribution in [0.1, 0.15) is 53.0 Å². The highest BCUT2D eigenvalue weighted by Crippen LogP contribution is 2.39. The van der Waals surface area contributed by atoms with E-state index in [1.165, 1.54) is 12.1 Å². The highest BCUT2D eigenvalue weighted by molar-refractivity contribution is 6.74. The third-order valence-corrected chi connectivity index (χ3v) is 10.4. The summed E-state index contributed by atoms with van der Waals surface area (Å²) >= 11 is 0. The molecule has 1 fully saturated rings. The Bertz CT molecular complexity index is 709. The van der Waals surface area contributed by atoms with Crippen molar-refractivity contribution >= 4 is 14.4 Å². The van der Waals surface area contributed by atoms with Gasteiger partial charge < -0.3 is 14.3 Å². The molecule has 1 heterocycles. The summed E-state index contributed by atoms with van der Waals surface area (Å²) in [5, 5.41) is 11.1. The first-order valence-corrected chi connectivity index (χ1v) is 13.1. The average Bonchev–Trinajstić information content (AvgIpc) is 2.88. The molecule has 0 aromatic heterocycles. The maximum atomic E-state index is 13.3. The fourth-order valence-corrected chi connectivity index (χ4v) is 4.17. The van der Waals surface area contributed by atoms with E-state index in [2.05, 4.69) is 33.9 Å². The molecule has 1 aliphatic rings. The van der Waals surface area contributed by atoms with E-state index in [0.717, 1.165) is 5.56 Å². The van der Waals surface area contributed by atoms with Gasteiger partial charge in [-0.05, 0) is 56.6 Å². The molecule has 1 amide bonds. The van der Waals surface area contributed by atoms with Crippen molar-refractivity contribution in [2.45, 2.75) is 83.3 Å². The number of carbonyl (C=O) groups is 1. The monoisotopic (exact) mass is 425 g/mol. The quantitative estimate of drug-likeness (QED) is 0.696. The van der Waals surface area contributed by atoms with Crippen LogP contribution in [0, 0.1) is 5.82 Å². The number of halogens is 1. The Morgan fingerprint density at radius 2 is 1.72 bits per heavy atom. The van der Waals surface area contributed by atoms with Crippen LogP contribution in [0.4, 0.5) is 9.18 Å². The van der Waals surface area contributed by atoms with Gasteiger partial charge in [-0.1, -0.05) is 32.9 Å². The third kappa shape index (κ3) is 5.80. The van der Waals surface area contributed by atoms with Crippen LogP contribution >= 0.6 is 0 Å². The van der Waals surface area contributed by atoms with Crippen LogP contribution in [-0.2, 0) is 9.16 Å². The molecule has 7 heteroatoms. The Morgan fingerprint density at radius 3 is 2.21 bits per heavy atom. The van der Waals surface area contributed by atoms with Gasteiger partial charge in [0.1, 0.15) is 11.4 Å². The topological polar surface area (TPSA) is 59.0 Å². The molecule has 1 saturated heterocycles. The number of hydrogen-bond acceptors (Lipinski definition) is 4. The zero-order chi connectivity index (χ0) is 22.2. The minimum Gasteiger partial charge on any atom is -0.444 e. The fraction of sp³-hybridized carbons (Fsp3) is 0.682. The van der Waals surface area contributed by atoms with Crippen LogP contribution in [0.25, 0.3) is 0 Å². The molecule has 2 rings (SSSR count). The SMILES string of the molecule is CC(C)(C)OC(=O)N1C[C@@H](c2ccc(F)cc2)[C@H](O)[C@@H]1CO[Si](C)(C)C(C)(C)C. The lowest BCUT2D eigenvalue weighted by Gasteiger charge is -2.38. The number of aliphatic hydroxyl groups is 1. The largest absolute Gasteiger partial charge is 0.444 e. The van der Waals surface area contributed by atoms with Gasteiger partial charge >= 0.3 is 6.09 Å². The van der Waals surface area contributed by atoms with Crippen molar-refractivity contribution in [2.75, 3.05) is 13.2 Å². The Hall–Kier alpha value is -1.44. The number of ether oxygens (including phenoxy) is 1. The maximum Gasteiger partial charge on any atom is 0.410 e. The van der Waals surface area contributed by atoms with Crippen LogP contribution < -0.4 is 0 Å². The summed E-state index contributed by atoms with van der Waals surface area (Å²) in [6.45, 7) is 16.7. The molecule has 0 unspecified atom stereocenters. The van der Waals surface area contributed by atoms with E-state index in [-0.39, 0.29) is 23.4 Å². The number of benzene rings is 1. The van der Waals surface area contributed by atoms with Crippen molar-refractivity contribution in [2.24, 2.45) is 0 Å². The first kappa shape index (κ1) is 23.8. The second kappa shape index (κ2) is 8.36. The molecule has 5 nitrogen and oxygen atoms in total. The summed E-state index contributed by atoms with van der Waals surface area (Å²) < 4.78 is 25.2. The van der Waals surface area contributed by atoms with E-state index in [1.54, 1.807) is 17.0 Å². The highest BCUT2D eigenvalue weighted by Gasteiger charge is 2.47. The summed E-state index contributed by atoms with van der Waals surface area (Å²) in [4.78, 5) is 14.4. The van der Waals surface area contributed by atoms with E-state index in [1.807, 2.05) is 20.8 Å². The van der Waals surface area contributed by atoms with Gasteiger partial charge in [-0.25, -0.2) is 9.18 Å². The summed E-state index contributed by atoms with van der Waals surface area (Å²) in [5.74, 6) is -0.654. The van der Waals surface area contributed by atoms with Crippen LogP contribution in [0.15, 0.2) is 24.3 Å². The summed E-state index contributed by atoms with van der Waals surface area (Å²) in [6.07, 6.45) is -1.29. The van der Waals surface area contributed by atoms with Gasteiger partial charge in [0.2, 0.25) is 0 Å². The van der Waals surface area contributed by atoms with Gasteiger partial charge in [0.25, 0.3) is 0 Å². The van der Waals surface area contributed by atoms with Gasteiger partial charge in [-0.3, -0.25) is 4.90 Å². The first-order valence-electron chi connectivity index (χ1n) is 10.2. The molecule has 29 heavy (non-hydrogen) atoms. The average molecular weight is 426 g/mol. The molecular formula is C22H36FNO4Si. The molecule has 0 radical (unpaired) electrons. The number of aliphatic hydroxyl groups excluding tert-OH is 1. The van der Waals surface area contributed by atoms with Crippen molar-refractivity contribution in [3.63, 3.8) is 0 Å². The molecule has 0 saturated carbocycles. The van der Waals surface area contributed by atoms with Crippen molar-refractivity contribution in [3.8, 4) is 0 Å². The lowest BCUT2D eigenvalue weighted by molar-refractivity contribution is 0.00738. The fourth-order valence-electron chi connectivity index (χ4n) is 3.15. The standard InChI is InChI=1S/C22H36FNO4Si/c1-21(2,3)28-20(26)24-13-17(15-9-11-16(23)12-10-15)19(25)18(24)14-27-29(7,8)22(4,5)6/h9-12,17-19,25H,13-14H2,1-8H3/t17-,18-,19-/m0/s1. The molecule has 0 bridgehead atoms. The van der Waals surface area contributed by atoms with Crippen LogP contribution in [0.2, 0.25) is 18.1 Å². The van der Waals surface area contributed by atoms with Gasteiger partial charge in [-0.15, -0.1) is 0 Å². The third-order valence-electron chi connectivity index (χ3n) is 5.95. The highest BCUT2D eigenvalue weighted by atomic mass is 28.4. The molecule has 1 aliphatic heterocycles. The summed E-state index contributed by atoms with van der Waals surface area (Å²) in [5.41, 5.74) is 0.156. The summed E-state index contributed by atoms with van der Waals surface area (Å²) in [6, 6.07) is 5.55. The Balaban J connectivity index is 2.27. The zero-order valence-corrected chi connectivity index (χ0v) is 20.0. The van der Waals surface area contributed by atoms with E-state index in [4.69, 9.17) is 9.16 Å². The molecule has 1 N–H and O–H groups in total. The summed E-state index contributed by atoms with van der Waals surface area (Å²) in [7, 11) is -2.06. The Labute approximate surface area is 175 Å². The molecule has 1 aromatic rings. The maximum absolute atomic E-state index is 13.3. The van der Waals surface area contributed by atoms with Gasteiger partial charge in [0, 0.05) is 12.5 Å². The molecule has 1 aromatic carbocycles. The van der Waals surface area contributed by atoms with Gasteiger partial charge in [0.05, 0.1) is 18.8 Å². The number of hydrogen-bond donors (Lipinski definition) is 1. The minimum atomic E-state index is -2.06. The van der Waals surface area contributed by atoms with E-state index in [9.17, 15) is 14.3 Å². The number of carbonyl (C=O) groups excluding carboxylic acids is 1. The zero-order valence-electron chi connectivity index (χ0n) is 19.0. The van der Waals surface area contributed by atoms with Crippen LogP contribution in [-0.4, -0.2) is 55.3 Å². The number of likely N-dealkylation sites (tertiary alicyclic amines) is 1. The molecule has 3 atom stereocenters. The minimum absolute atomic E-state index is 0.0175. The predicted molar refractivity (Wildman–Crippen MR) is 115 cm³/mol. The molecule has 0 aliphatic carbocycles. The normalized spacial score (nSPS) is 23.4. The van der Waals surface area contributed by atoms with E-state index in [0.29, 0.717) is 6.54 Å². The second-order valence-corrected chi connectivity index (χ2v) is 15.2. The second-order valence-electron chi connectivity index (χ2n) is 10.4. The smallest absolute Gasteiger partial charge is 0.410 e. The molecular weight excluding hydrogens is 389 g/mol. The predicted octanol–water partition coefficient (Wildman–Crippen LogP) is 4.91.